The van der Waals surface area contributed by atoms with E-state index in [0.717, 1.165) is 18.7 Å². The molecular formula is C23H25N3O3. The third-order valence-electron chi connectivity index (χ3n) is 5.14. The average Bonchev–Trinajstić information content (AvgIpc) is 3.18. The average molecular weight is 391 g/mol. The molecule has 0 N–H and O–H groups in total. The monoisotopic (exact) mass is 391 g/mol. The summed E-state index contributed by atoms with van der Waals surface area (Å²) in [6, 6.07) is 20.1. The number of amides is 1. The van der Waals surface area contributed by atoms with E-state index < -0.39 is 4.92 Å². The number of carbonyl (C=O) groups excluding carboxylic acids is 1. The van der Waals surface area contributed by atoms with Crippen LogP contribution in [0.2, 0.25) is 0 Å². The number of hydrogen-bond donors (Lipinski definition) is 0. The molecule has 0 bridgehead atoms. The summed E-state index contributed by atoms with van der Waals surface area (Å²) in [5, 5.41) is 11.1. The summed E-state index contributed by atoms with van der Waals surface area (Å²) >= 11 is 0. The molecule has 0 fully saturated rings. The molecule has 1 amide bonds. The topological polar surface area (TPSA) is 68.4 Å². The summed E-state index contributed by atoms with van der Waals surface area (Å²) < 4.78 is 2.13. The van der Waals surface area contributed by atoms with Crippen LogP contribution in [-0.2, 0) is 13.1 Å². The summed E-state index contributed by atoms with van der Waals surface area (Å²) in [5.74, 6) is -0.199. The number of benzene rings is 2. The fourth-order valence-electron chi connectivity index (χ4n) is 3.27. The highest BCUT2D eigenvalue weighted by molar-refractivity contribution is 5.95. The molecule has 3 rings (SSSR count). The zero-order chi connectivity index (χ0) is 20.8. The predicted octanol–water partition coefficient (Wildman–Crippen LogP) is 4.89. The highest BCUT2D eigenvalue weighted by Gasteiger charge is 2.23. The van der Waals surface area contributed by atoms with Crippen LogP contribution in [0.15, 0.2) is 72.9 Å². The molecule has 2 aromatic carbocycles. The Labute approximate surface area is 170 Å². The zero-order valence-corrected chi connectivity index (χ0v) is 16.7. The lowest BCUT2D eigenvalue weighted by Gasteiger charge is -2.29. The van der Waals surface area contributed by atoms with Gasteiger partial charge in [0, 0.05) is 42.2 Å². The van der Waals surface area contributed by atoms with Crippen molar-refractivity contribution in [1.29, 1.82) is 0 Å². The van der Waals surface area contributed by atoms with Gasteiger partial charge in [-0.2, -0.15) is 0 Å². The number of rotatable bonds is 8. The minimum atomic E-state index is -0.477. The molecule has 150 valence electrons. The van der Waals surface area contributed by atoms with E-state index in [1.165, 1.54) is 17.7 Å². The first-order valence-electron chi connectivity index (χ1n) is 9.73. The van der Waals surface area contributed by atoms with Crippen LogP contribution < -0.4 is 0 Å². The van der Waals surface area contributed by atoms with Crippen LogP contribution in [0.5, 0.6) is 0 Å². The van der Waals surface area contributed by atoms with E-state index in [-0.39, 0.29) is 17.6 Å². The molecule has 0 unspecified atom stereocenters. The lowest BCUT2D eigenvalue weighted by Crippen LogP contribution is -2.38. The van der Waals surface area contributed by atoms with E-state index in [2.05, 4.69) is 16.7 Å². The quantitative estimate of drug-likeness (QED) is 0.406. The number of nitro benzene ring substituents is 1. The summed E-state index contributed by atoms with van der Waals surface area (Å²) in [6.45, 7) is 5.19. The van der Waals surface area contributed by atoms with Crippen molar-refractivity contribution in [2.24, 2.45) is 0 Å². The number of aromatic nitrogens is 1. The molecule has 0 aliphatic rings. The van der Waals surface area contributed by atoms with Gasteiger partial charge >= 0.3 is 0 Å². The van der Waals surface area contributed by atoms with Gasteiger partial charge in [0.15, 0.2) is 0 Å². The fourth-order valence-corrected chi connectivity index (χ4v) is 3.27. The lowest BCUT2D eigenvalue weighted by molar-refractivity contribution is -0.384. The summed E-state index contributed by atoms with van der Waals surface area (Å²) in [5.41, 5.74) is 2.46. The van der Waals surface area contributed by atoms with E-state index >= 15 is 0 Å². The van der Waals surface area contributed by atoms with Gasteiger partial charge in [-0.25, -0.2) is 0 Å². The second-order valence-electron chi connectivity index (χ2n) is 7.11. The van der Waals surface area contributed by atoms with Gasteiger partial charge < -0.3 is 9.47 Å². The molecule has 6 nitrogen and oxygen atoms in total. The van der Waals surface area contributed by atoms with Crippen molar-refractivity contribution < 1.29 is 9.72 Å². The van der Waals surface area contributed by atoms with Gasteiger partial charge in [-0.15, -0.1) is 0 Å². The van der Waals surface area contributed by atoms with Gasteiger partial charge in [0.1, 0.15) is 0 Å². The van der Waals surface area contributed by atoms with Crippen molar-refractivity contribution in [2.45, 2.75) is 39.4 Å². The van der Waals surface area contributed by atoms with Gasteiger partial charge in [-0.1, -0.05) is 43.3 Å². The number of carbonyl (C=O) groups is 1. The molecule has 0 aliphatic carbocycles. The normalized spacial score (nSPS) is 11.8. The van der Waals surface area contributed by atoms with Crippen LogP contribution in [0, 0.1) is 10.1 Å². The van der Waals surface area contributed by atoms with E-state index in [4.69, 9.17) is 0 Å². The largest absolute Gasteiger partial charge is 0.345 e. The van der Waals surface area contributed by atoms with Crippen LogP contribution >= 0.6 is 0 Å². The van der Waals surface area contributed by atoms with Crippen molar-refractivity contribution >= 4 is 11.6 Å². The van der Waals surface area contributed by atoms with Crippen LogP contribution in [0.25, 0.3) is 0 Å². The summed E-state index contributed by atoms with van der Waals surface area (Å²) in [6.07, 6.45) is 2.80. The minimum absolute atomic E-state index is 0.00170. The van der Waals surface area contributed by atoms with Crippen molar-refractivity contribution in [3.8, 4) is 0 Å². The molecule has 29 heavy (non-hydrogen) atoms. The molecule has 6 heteroatoms. The molecule has 0 saturated carbocycles. The molecule has 3 aromatic rings. The SMILES string of the molecule is CC[C@H](C)N(Cc1cccn1Cc1ccccc1)C(=O)c1cccc([N+](=O)[O-])c1. The standard InChI is InChI=1S/C23H25N3O3/c1-3-18(2)25(23(27)20-11-7-12-21(15-20)26(28)29)17-22-13-8-14-24(22)16-19-9-5-4-6-10-19/h4-15,18H,3,16-17H2,1-2H3/t18-/m0/s1. The lowest BCUT2D eigenvalue weighted by atomic mass is 10.1. The minimum Gasteiger partial charge on any atom is -0.345 e. The maximum Gasteiger partial charge on any atom is 0.270 e. The van der Waals surface area contributed by atoms with E-state index in [1.54, 1.807) is 17.0 Å². The highest BCUT2D eigenvalue weighted by atomic mass is 16.6. The molecule has 0 spiro atoms. The molecule has 0 saturated heterocycles. The van der Waals surface area contributed by atoms with E-state index in [1.807, 2.05) is 50.4 Å². The Morgan fingerprint density at radius 1 is 1.10 bits per heavy atom. The van der Waals surface area contributed by atoms with Crippen LogP contribution in [-0.4, -0.2) is 26.3 Å². The Morgan fingerprint density at radius 2 is 1.86 bits per heavy atom. The molecular weight excluding hydrogens is 366 g/mol. The third kappa shape index (κ3) is 4.90. The third-order valence-corrected chi connectivity index (χ3v) is 5.14. The molecule has 0 radical (unpaired) electrons. The fraction of sp³-hybridized carbons (Fsp3) is 0.261. The maximum atomic E-state index is 13.2. The highest BCUT2D eigenvalue weighted by Crippen LogP contribution is 2.20. The van der Waals surface area contributed by atoms with Gasteiger partial charge in [0.05, 0.1) is 11.5 Å². The smallest absolute Gasteiger partial charge is 0.270 e. The van der Waals surface area contributed by atoms with E-state index in [9.17, 15) is 14.9 Å². The zero-order valence-electron chi connectivity index (χ0n) is 16.7. The van der Waals surface area contributed by atoms with E-state index in [0.29, 0.717) is 12.1 Å². The molecule has 1 atom stereocenters. The summed E-state index contributed by atoms with van der Waals surface area (Å²) in [7, 11) is 0. The number of nitro groups is 1. The van der Waals surface area contributed by atoms with Crippen molar-refractivity contribution in [1.82, 2.24) is 9.47 Å². The van der Waals surface area contributed by atoms with Gasteiger partial charge in [0.25, 0.3) is 11.6 Å². The van der Waals surface area contributed by atoms with Crippen molar-refractivity contribution in [3.05, 3.63) is 99.9 Å². The Hall–Kier alpha value is -3.41. The first-order chi connectivity index (χ1) is 14.0. The summed E-state index contributed by atoms with van der Waals surface area (Å²) in [4.78, 5) is 25.6. The predicted molar refractivity (Wildman–Crippen MR) is 113 cm³/mol. The second kappa shape index (κ2) is 9.19. The first-order valence-corrected chi connectivity index (χ1v) is 9.73. The second-order valence-corrected chi connectivity index (χ2v) is 7.11. The molecule has 1 aromatic heterocycles. The molecule has 0 aliphatic heterocycles. The maximum absolute atomic E-state index is 13.2. The van der Waals surface area contributed by atoms with Crippen molar-refractivity contribution in [2.75, 3.05) is 0 Å². The van der Waals surface area contributed by atoms with Crippen LogP contribution in [0.3, 0.4) is 0 Å². The first kappa shape index (κ1) is 20.3. The molecule has 1 heterocycles. The Balaban J connectivity index is 1.86. The Kier molecular flexibility index (Phi) is 6.44. The number of hydrogen-bond acceptors (Lipinski definition) is 3. The van der Waals surface area contributed by atoms with Crippen LogP contribution in [0.1, 0.15) is 41.9 Å². The van der Waals surface area contributed by atoms with Gasteiger partial charge in [0.2, 0.25) is 0 Å². The Bertz CT molecular complexity index is 982. The number of non-ortho nitro benzene ring substituents is 1. The number of nitrogens with zero attached hydrogens (tertiary/aromatic N) is 3. The van der Waals surface area contributed by atoms with Crippen LogP contribution in [0.4, 0.5) is 5.69 Å². The van der Waals surface area contributed by atoms with Gasteiger partial charge in [-0.05, 0) is 37.1 Å². The van der Waals surface area contributed by atoms with Gasteiger partial charge in [-0.3, -0.25) is 14.9 Å². The van der Waals surface area contributed by atoms with Crippen molar-refractivity contribution in [3.63, 3.8) is 0 Å². The Morgan fingerprint density at radius 3 is 2.55 bits per heavy atom.